The second-order valence-corrected chi connectivity index (χ2v) is 2.26. The Kier molecular flexibility index (Phi) is 2.24. The monoisotopic (exact) mass is 166 g/mol. The van der Waals surface area contributed by atoms with Gasteiger partial charge in [0.25, 0.3) is 0 Å². The van der Waals surface area contributed by atoms with Crippen molar-refractivity contribution in [3.63, 3.8) is 0 Å². The lowest BCUT2D eigenvalue weighted by atomic mass is 10.2. The number of nitrogens with zero attached hydrogens (tertiary/aromatic N) is 2. The zero-order valence-electron chi connectivity index (χ0n) is 6.76. The molecule has 0 aromatic carbocycles. The summed E-state index contributed by atoms with van der Waals surface area (Å²) in [5, 5.41) is 8.42. The molecular weight excluding hydrogens is 159 g/mol. The Morgan fingerprint density at radius 1 is 1.67 bits per heavy atom. The molecule has 1 aromatic heterocycles. The average Bonchev–Trinajstić information content (AvgIpc) is 2.05. The van der Waals surface area contributed by atoms with Crippen LogP contribution in [-0.4, -0.2) is 12.1 Å². The molecule has 12 heavy (non-hydrogen) atoms. The predicted molar refractivity (Wildman–Crippen MR) is 40.2 cm³/mol. The van der Waals surface area contributed by atoms with Crippen molar-refractivity contribution in [1.82, 2.24) is 4.98 Å². The van der Waals surface area contributed by atoms with E-state index in [2.05, 4.69) is 4.98 Å². The van der Waals surface area contributed by atoms with E-state index in [1.807, 2.05) is 0 Å². The van der Waals surface area contributed by atoms with Crippen molar-refractivity contribution < 1.29 is 9.13 Å². The van der Waals surface area contributed by atoms with Crippen LogP contribution >= 0.6 is 0 Å². The molecule has 1 aromatic rings. The van der Waals surface area contributed by atoms with E-state index in [9.17, 15) is 4.39 Å². The molecule has 0 radical (unpaired) electrons. The van der Waals surface area contributed by atoms with Gasteiger partial charge >= 0.3 is 0 Å². The zero-order chi connectivity index (χ0) is 9.14. The van der Waals surface area contributed by atoms with Gasteiger partial charge in [0.05, 0.1) is 7.11 Å². The highest BCUT2D eigenvalue weighted by molar-refractivity contribution is 5.33. The summed E-state index contributed by atoms with van der Waals surface area (Å²) in [5.41, 5.74) is 0.339. The fourth-order valence-electron chi connectivity index (χ4n) is 0.848. The van der Waals surface area contributed by atoms with Crippen LogP contribution in [0, 0.1) is 24.1 Å². The first-order chi connectivity index (χ1) is 5.69. The highest BCUT2D eigenvalue weighted by Gasteiger charge is 2.07. The summed E-state index contributed by atoms with van der Waals surface area (Å²) in [6.07, 6.45) is 0. The fourth-order valence-corrected chi connectivity index (χ4v) is 0.848. The molecule has 0 fully saturated rings. The second kappa shape index (κ2) is 3.18. The standard InChI is InChI=1S/C8H7FN2O/c1-5-3-6(9)7(4-10)11-8(5)12-2/h3H,1-2H3. The molecule has 1 rings (SSSR count). The van der Waals surface area contributed by atoms with Crippen LogP contribution in [-0.2, 0) is 0 Å². The summed E-state index contributed by atoms with van der Waals surface area (Å²) >= 11 is 0. The van der Waals surface area contributed by atoms with Gasteiger partial charge in [-0.15, -0.1) is 0 Å². The number of nitriles is 1. The fraction of sp³-hybridized carbons (Fsp3) is 0.250. The van der Waals surface area contributed by atoms with Crippen molar-refractivity contribution >= 4 is 0 Å². The quantitative estimate of drug-likeness (QED) is 0.633. The molecule has 0 aliphatic heterocycles. The summed E-state index contributed by atoms with van der Waals surface area (Å²) in [6.45, 7) is 1.66. The lowest BCUT2D eigenvalue weighted by molar-refractivity contribution is 0.391. The van der Waals surface area contributed by atoms with Gasteiger partial charge in [0.2, 0.25) is 5.88 Å². The van der Waals surface area contributed by atoms with E-state index in [1.54, 1.807) is 13.0 Å². The van der Waals surface area contributed by atoms with Crippen molar-refractivity contribution in [1.29, 1.82) is 5.26 Å². The molecule has 0 aliphatic rings. The Morgan fingerprint density at radius 3 is 2.83 bits per heavy atom. The van der Waals surface area contributed by atoms with Crippen molar-refractivity contribution in [2.45, 2.75) is 6.92 Å². The minimum Gasteiger partial charge on any atom is -0.481 e. The van der Waals surface area contributed by atoms with Crippen LogP contribution in [0.3, 0.4) is 0 Å². The number of ether oxygens (including phenoxy) is 1. The Morgan fingerprint density at radius 2 is 2.33 bits per heavy atom. The third-order valence-corrected chi connectivity index (χ3v) is 1.42. The molecule has 0 N–H and O–H groups in total. The van der Waals surface area contributed by atoms with Crippen molar-refractivity contribution in [3.8, 4) is 11.9 Å². The number of pyridine rings is 1. The number of hydrogen-bond donors (Lipinski definition) is 0. The van der Waals surface area contributed by atoms with Gasteiger partial charge in [-0.1, -0.05) is 0 Å². The normalized spacial score (nSPS) is 9.17. The molecule has 0 atom stereocenters. The summed E-state index contributed by atoms with van der Waals surface area (Å²) in [6, 6.07) is 2.86. The van der Waals surface area contributed by atoms with E-state index in [4.69, 9.17) is 10.00 Å². The highest BCUT2D eigenvalue weighted by Crippen LogP contribution is 2.16. The van der Waals surface area contributed by atoms with Crippen LogP contribution in [0.2, 0.25) is 0 Å². The molecule has 4 heteroatoms. The maximum atomic E-state index is 12.8. The van der Waals surface area contributed by atoms with Crippen LogP contribution in [0.15, 0.2) is 6.07 Å². The number of aryl methyl sites for hydroxylation is 1. The topological polar surface area (TPSA) is 45.9 Å². The lowest BCUT2D eigenvalue weighted by Gasteiger charge is -2.02. The van der Waals surface area contributed by atoms with Gasteiger partial charge in [-0.2, -0.15) is 10.2 Å². The van der Waals surface area contributed by atoms with Gasteiger partial charge in [-0.25, -0.2) is 4.39 Å². The van der Waals surface area contributed by atoms with Gasteiger partial charge in [-0.3, -0.25) is 0 Å². The number of rotatable bonds is 1. The van der Waals surface area contributed by atoms with E-state index >= 15 is 0 Å². The van der Waals surface area contributed by atoms with Crippen molar-refractivity contribution in [3.05, 3.63) is 23.1 Å². The van der Waals surface area contributed by atoms with Crippen LogP contribution in [0.5, 0.6) is 5.88 Å². The van der Waals surface area contributed by atoms with Crippen molar-refractivity contribution in [2.24, 2.45) is 0 Å². The van der Waals surface area contributed by atoms with E-state index in [1.165, 1.54) is 13.2 Å². The van der Waals surface area contributed by atoms with Gasteiger partial charge in [0.15, 0.2) is 11.5 Å². The minimum absolute atomic E-state index is 0.238. The van der Waals surface area contributed by atoms with Gasteiger partial charge in [-0.05, 0) is 13.0 Å². The van der Waals surface area contributed by atoms with E-state index in [-0.39, 0.29) is 11.6 Å². The summed E-state index contributed by atoms with van der Waals surface area (Å²) in [7, 11) is 1.42. The molecule has 0 bridgehead atoms. The van der Waals surface area contributed by atoms with Crippen molar-refractivity contribution in [2.75, 3.05) is 7.11 Å². The smallest absolute Gasteiger partial charge is 0.217 e. The van der Waals surface area contributed by atoms with E-state index in [0.29, 0.717) is 5.56 Å². The first kappa shape index (κ1) is 8.47. The predicted octanol–water partition coefficient (Wildman–Crippen LogP) is 1.41. The summed E-state index contributed by atoms with van der Waals surface area (Å²) in [4.78, 5) is 3.65. The van der Waals surface area contributed by atoms with Gasteiger partial charge in [0.1, 0.15) is 6.07 Å². The molecule has 62 valence electrons. The maximum absolute atomic E-state index is 12.8. The average molecular weight is 166 g/mol. The molecule has 0 amide bonds. The molecule has 3 nitrogen and oxygen atoms in total. The molecule has 0 saturated carbocycles. The molecule has 1 heterocycles. The number of methoxy groups -OCH3 is 1. The number of aromatic nitrogens is 1. The number of halogens is 1. The first-order valence-corrected chi connectivity index (χ1v) is 3.30. The summed E-state index contributed by atoms with van der Waals surface area (Å²) in [5.74, 6) is -0.330. The lowest BCUT2D eigenvalue weighted by Crippen LogP contribution is -1.96. The molecular formula is C8H7FN2O. The molecule has 0 unspecified atom stereocenters. The van der Waals surface area contributed by atoms with Gasteiger partial charge < -0.3 is 4.74 Å². The molecule has 0 aliphatic carbocycles. The first-order valence-electron chi connectivity index (χ1n) is 3.30. The second-order valence-electron chi connectivity index (χ2n) is 2.26. The van der Waals surface area contributed by atoms with Crippen LogP contribution < -0.4 is 4.74 Å². The van der Waals surface area contributed by atoms with E-state index < -0.39 is 5.82 Å². The molecule has 0 saturated heterocycles. The summed E-state index contributed by atoms with van der Waals surface area (Å²) < 4.78 is 17.6. The Labute approximate surface area is 69.4 Å². The Balaban J connectivity index is 3.30. The largest absolute Gasteiger partial charge is 0.481 e. The Bertz CT molecular complexity index is 344. The SMILES string of the molecule is COc1nc(C#N)c(F)cc1C. The third kappa shape index (κ3) is 1.35. The zero-order valence-corrected chi connectivity index (χ0v) is 6.76. The maximum Gasteiger partial charge on any atom is 0.217 e. The number of hydrogen-bond acceptors (Lipinski definition) is 3. The minimum atomic E-state index is -0.615. The van der Waals surface area contributed by atoms with Crippen LogP contribution in [0.1, 0.15) is 11.3 Å². The molecule has 0 spiro atoms. The third-order valence-electron chi connectivity index (χ3n) is 1.42. The highest BCUT2D eigenvalue weighted by atomic mass is 19.1. The van der Waals surface area contributed by atoms with Crippen LogP contribution in [0.4, 0.5) is 4.39 Å². The van der Waals surface area contributed by atoms with E-state index in [0.717, 1.165) is 0 Å². The van der Waals surface area contributed by atoms with Gasteiger partial charge in [0, 0.05) is 5.56 Å². The van der Waals surface area contributed by atoms with Crippen LogP contribution in [0.25, 0.3) is 0 Å². The Hall–Kier alpha value is -1.63.